The van der Waals surface area contributed by atoms with E-state index >= 15 is 0 Å². The van der Waals surface area contributed by atoms with E-state index in [1.807, 2.05) is 18.2 Å². The first-order valence-corrected chi connectivity index (χ1v) is 6.68. The molecule has 0 spiro atoms. The number of halogens is 1. The Morgan fingerprint density at radius 3 is 2.70 bits per heavy atom. The smallest absolute Gasteiger partial charge is 0.271 e. The lowest BCUT2D eigenvalue weighted by Crippen LogP contribution is -2.26. The second-order valence-electron chi connectivity index (χ2n) is 4.08. The number of aromatic nitrogens is 1. The van der Waals surface area contributed by atoms with Gasteiger partial charge in [-0.3, -0.25) is 9.59 Å². The van der Waals surface area contributed by atoms with Gasteiger partial charge in [0, 0.05) is 17.8 Å². The Morgan fingerprint density at radius 2 is 2.05 bits per heavy atom. The number of pyridine rings is 1. The number of carbonyl (C=O) groups excluding carboxylic acids is 1. The van der Waals surface area contributed by atoms with Gasteiger partial charge in [-0.2, -0.15) is 0 Å². The molecule has 1 heterocycles. The standard InChI is InChI=1S/C14H13BrN2O3/c1-20-12(9-5-3-2-4-6-9)14(19)17-11-7-10(15)8-16-13(11)18/h2-8,12H,1H3,(H,16,18)(H,17,19). The van der Waals surface area contributed by atoms with Crippen molar-refractivity contribution in [2.45, 2.75) is 6.10 Å². The summed E-state index contributed by atoms with van der Waals surface area (Å²) in [5, 5.41) is 2.56. The molecule has 2 N–H and O–H groups in total. The van der Waals surface area contributed by atoms with Crippen LogP contribution >= 0.6 is 15.9 Å². The Bertz CT molecular complexity index is 655. The van der Waals surface area contributed by atoms with Gasteiger partial charge < -0.3 is 15.0 Å². The fourth-order valence-electron chi connectivity index (χ4n) is 1.77. The monoisotopic (exact) mass is 336 g/mol. The summed E-state index contributed by atoms with van der Waals surface area (Å²) in [5.74, 6) is -0.401. The summed E-state index contributed by atoms with van der Waals surface area (Å²) in [4.78, 5) is 26.3. The minimum absolute atomic E-state index is 0.169. The van der Waals surface area contributed by atoms with Gasteiger partial charge in [0.15, 0.2) is 6.10 Å². The molecule has 0 fully saturated rings. The number of benzene rings is 1. The molecule has 0 aliphatic heterocycles. The number of anilines is 1. The van der Waals surface area contributed by atoms with Crippen LogP contribution < -0.4 is 10.9 Å². The summed E-state index contributed by atoms with van der Waals surface area (Å²) in [6, 6.07) is 10.6. The third-order valence-corrected chi connectivity index (χ3v) is 3.16. The number of aromatic amines is 1. The van der Waals surface area contributed by atoms with Gasteiger partial charge in [0.1, 0.15) is 5.69 Å². The summed E-state index contributed by atoms with van der Waals surface area (Å²) in [5.41, 5.74) is 0.519. The summed E-state index contributed by atoms with van der Waals surface area (Å²) in [7, 11) is 1.45. The van der Waals surface area contributed by atoms with E-state index in [0.29, 0.717) is 4.47 Å². The molecule has 0 aliphatic carbocycles. The van der Waals surface area contributed by atoms with Gasteiger partial charge in [0.25, 0.3) is 11.5 Å². The van der Waals surface area contributed by atoms with E-state index in [4.69, 9.17) is 4.74 Å². The maximum atomic E-state index is 12.2. The van der Waals surface area contributed by atoms with E-state index in [-0.39, 0.29) is 11.2 Å². The number of rotatable bonds is 4. The first kappa shape index (κ1) is 14.5. The molecular formula is C14H13BrN2O3. The molecule has 1 amide bonds. The van der Waals surface area contributed by atoms with Crippen LogP contribution in [-0.2, 0) is 9.53 Å². The Morgan fingerprint density at radius 1 is 1.35 bits per heavy atom. The molecule has 1 atom stereocenters. The largest absolute Gasteiger partial charge is 0.367 e. The third kappa shape index (κ3) is 3.34. The van der Waals surface area contributed by atoms with Gasteiger partial charge in [-0.1, -0.05) is 30.3 Å². The zero-order valence-electron chi connectivity index (χ0n) is 10.7. The molecule has 0 aliphatic rings. The zero-order valence-corrected chi connectivity index (χ0v) is 12.3. The van der Waals surface area contributed by atoms with Crippen LogP contribution in [0.25, 0.3) is 0 Å². The molecular weight excluding hydrogens is 324 g/mol. The molecule has 0 saturated carbocycles. The highest BCUT2D eigenvalue weighted by molar-refractivity contribution is 9.10. The molecule has 1 aromatic heterocycles. The second kappa shape index (κ2) is 6.49. The third-order valence-electron chi connectivity index (χ3n) is 2.70. The number of methoxy groups -OCH3 is 1. The normalized spacial score (nSPS) is 11.9. The first-order chi connectivity index (χ1) is 9.61. The Balaban J connectivity index is 2.22. The lowest BCUT2D eigenvalue weighted by molar-refractivity contribution is -0.126. The van der Waals surface area contributed by atoms with E-state index < -0.39 is 12.0 Å². The highest BCUT2D eigenvalue weighted by Gasteiger charge is 2.20. The van der Waals surface area contributed by atoms with Crippen LogP contribution in [0, 0.1) is 0 Å². The quantitative estimate of drug-likeness (QED) is 0.900. The van der Waals surface area contributed by atoms with Crippen LogP contribution in [0.4, 0.5) is 5.69 Å². The minimum atomic E-state index is -0.769. The molecule has 20 heavy (non-hydrogen) atoms. The van der Waals surface area contributed by atoms with Gasteiger partial charge in [-0.05, 0) is 27.6 Å². The maximum Gasteiger partial charge on any atom is 0.271 e. The average molecular weight is 337 g/mol. The van der Waals surface area contributed by atoms with Crippen molar-refractivity contribution in [2.75, 3.05) is 12.4 Å². The van der Waals surface area contributed by atoms with Crippen molar-refractivity contribution < 1.29 is 9.53 Å². The van der Waals surface area contributed by atoms with Crippen LogP contribution in [0.1, 0.15) is 11.7 Å². The number of hydrogen-bond acceptors (Lipinski definition) is 3. The van der Waals surface area contributed by atoms with Gasteiger partial charge in [0.2, 0.25) is 0 Å². The topological polar surface area (TPSA) is 71.2 Å². The predicted molar refractivity (Wildman–Crippen MR) is 79.6 cm³/mol. The fraction of sp³-hybridized carbons (Fsp3) is 0.143. The Kier molecular flexibility index (Phi) is 4.70. The number of amides is 1. The number of carbonyl (C=O) groups is 1. The van der Waals surface area contributed by atoms with Crippen molar-refractivity contribution in [3.8, 4) is 0 Å². The fourth-order valence-corrected chi connectivity index (χ4v) is 2.11. The lowest BCUT2D eigenvalue weighted by Gasteiger charge is -2.15. The number of ether oxygens (including phenoxy) is 1. The molecule has 6 heteroatoms. The highest BCUT2D eigenvalue weighted by atomic mass is 79.9. The van der Waals surface area contributed by atoms with Crippen LogP contribution in [0.5, 0.6) is 0 Å². The Labute approximate surface area is 124 Å². The van der Waals surface area contributed by atoms with Crippen molar-refractivity contribution in [2.24, 2.45) is 0 Å². The van der Waals surface area contributed by atoms with E-state index in [9.17, 15) is 9.59 Å². The predicted octanol–water partition coefficient (Wildman–Crippen LogP) is 2.46. The van der Waals surface area contributed by atoms with Crippen LogP contribution in [0.3, 0.4) is 0 Å². The molecule has 0 saturated heterocycles. The number of H-pyrrole nitrogens is 1. The average Bonchev–Trinajstić information content (AvgIpc) is 2.45. The molecule has 2 rings (SSSR count). The summed E-state index contributed by atoms with van der Waals surface area (Å²) >= 11 is 3.23. The van der Waals surface area contributed by atoms with Gasteiger partial charge in [-0.25, -0.2) is 0 Å². The van der Waals surface area contributed by atoms with Crippen molar-refractivity contribution in [3.05, 3.63) is 63.0 Å². The SMILES string of the molecule is COC(C(=O)Nc1cc(Br)c[nH]c1=O)c1ccccc1. The molecule has 1 aromatic carbocycles. The maximum absolute atomic E-state index is 12.2. The van der Waals surface area contributed by atoms with Crippen molar-refractivity contribution in [1.29, 1.82) is 0 Å². The van der Waals surface area contributed by atoms with Crippen LogP contribution in [0.2, 0.25) is 0 Å². The summed E-state index contributed by atoms with van der Waals surface area (Å²) in [6.45, 7) is 0. The van der Waals surface area contributed by atoms with Crippen molar-refractivity contribution in [1.82, 2.24) is 4.98 Å². The summed E-state index contributed by atoms with van der Waals surface area (Å²) in [6.07, 6.45) is 0.734. The van der Waals surface area contributed by atoms with E-state index in [2.05, 4.69) is 26.2 Å². The van der Waals surface area contributed by atoms with Gasteiger partial charge in [0.05, 0.1) is 0 Å². The molecule has 5 nitrogen and oxygen atoms in total. The zero-order chi connectivity index (χ0) is 14.5. The molecule has 1 unspecified atom stereocenters. The second-order valence-corrected chi connectivity index (χ2v) is 4.99. The van der Waals surface area contributed by atoms with Crippen molar-refractivity contribution >= 4 is 27.5 Å². The molecule has 0 bridgehead atoms. The lowest BCUT2D eigenvalue weighted by atomic mass is 10.1. The number of nitrogens with one attached hydrogen (secondary N) is 2. The van der Waals surface area contributed by atoms with E-state index in [1.54, 1.807) is 12.1 Å². The Hall–Kier alpha value is -1.92. The molecule has 2 aromatic rings. The summed E-state index contributed by atoms with van der Waals surface area (Å²) < 4.78 is 5.87. The molecule has 0 radical (unpaired) electrons. The van der Waals surface area contributed by atoms with Crippen molar-refractivity contribution in [3.63, 3.8) is 0 Å². The highest BCUT2D eigenvalue weighted by Crippen LogP contribution is 2.18. The van der Waals surface area contributed by atoms with E-state index in [1.165, 1.54) is 19.4 Å². The van der Waals surface area contributed by atoms with Gasteiger partial charge in [-0.15, -0.1) is 0 Å². The first-order valence-electron chi connectivity index (χ1n) is 5.88. The minimum Gasteiger partial charge on any atom is -0.367 e. The van der Waals surface area contributed by atoms with Gasteiger partial charge >= 0.3 is 0 Å². The molecule has 104 valence electrons. The van der Waals surface area contributed by atoms with E-state index in [0.717, 1.165) is 5.56 Å². The number of hydrogen-bond donors (Lipinski definition) is 2. The van der Waals surface area contributed by atoms with Crippen LogP contribution in [-0.4, -0.2) is 18.0 Å². The van der Waals surface area contributed by atoms with Crippen LogP contribution in [0.15, 0.2) is 51.9 Å².